The highest BCUT2D eigenvalue weighted by molar-refractivity contribution is 5.72. The van der Waals surface area contributed by atoms with Gasteiger partial charge in [0.2, 0.25) is 0 Å². The van der Waals surface area contributed by atoms with Gasteiger partial charge >= 0.3 is 0 Å². The summed E-state index contributed by atoms with van der Waals surface area (Å²) < 4.78 is 1.99. The van der Waals surface area contributed by atoms with Gasteiger partial charge in [0.25, 0.3) is 0 Å². The third kappa shape index (κ3) is 2.14. The average molecular weight is 255 g/mol. The van der Waals surface area contributed by atoms with Crippen LogP contribution in [-0.4, -0.2) is 23.4 Å². The molecule has 0 radical (unpaired) electrons. The number of hydrogen-bond acceptors (Lipinski definition) is 2. The predicted octanol–water partition coefficient (Wildman–Crippen LogP) is 3.26. The van der Waals surface area contributed by atoms with E-state index in [9.17, 15) is 0 Å². The first-order valence-corrected chi connectivity index (χ1v) is 7.06. The molecule has 19 heavy (non-hydrogen) atoms. The SMILES string of the molecule is CCn1cc(-c2cc3c(cc2C)N(C)CCC3)cn1. The van der Waals surface area contributed by atoms with Crippen LogP contribution in [0.3, 0.4) is 0 Å². The molecule has 1 aromatic carbocycles. The van der Waals surface area contributed by atoms with Gasteiger partial charge in [-0.2, -0.15) is 5.10 Å². The fourth-order valence-corrected chi connectivity index (χ4v) is 2.91. The van der Waals surface area contributed by atoms with E-state index < -0.39 is 0 Å². The minimum Gasteiger partial charge on any atom is -0.374 e. The van der Waals surface area contributed by atoms with Crippen LogP contribution < -0.4 is 4.90 Å². The molecule has 3 nitrogen and oxygen atoms in total. The molecule has 0 fully saturated rings. The van der Waals surface area contributed by atoms with Crippen molar-refractivity contribution in [3.63, 3.8) is 0 Å². The van der Waals surface area contributed by atoms with Crippen molar-refractivity contribution in [3.05, 3.63) is 35.7 Å². The van der Waals surface area contributed by atoms with E-state index in [2.05, 4.69) is 49.2 Å². The van der Waals surface area contributed by atoms with Crippen molar-refractivity contribution in [1.29, 1.82) is 0 Å². The van der Waals surface area contributed by atoms with Gasteiger partial charge in [-0.25, -0.2) is 0 Å². The van der Waals surface area contributed by atoms with Crippen LogP contribution in [0.25, 0.3) is 11.1 Å². The molecule has 0 bridgehead atoms. The smallest absolute Gasteiger partial charge is 0.0568 e. The number of rotatable bonds is 2. The number of benzene rings is 1. The third-order valence-electron chi connectivity index (χ3n) is 4.04. The quantitative estimate of drug-likeness (QED) is 0.821. The summed E-state index contributed by atoms with van der Waals surface area (Å²) in [5.74, 6) is 0. The second kappa shape index (κ2) is 4.72. The van der Waals surface area contributed by atoms with Crippen LogP contribution in [-0.2, 0) is 13.0 Å². The van der Waals surface area contributed by atoms with Crippen LogP contribution in [0.2, 0.25) is 0 Å². The highest BCUT2D eigenvalue weighted by Crippen LogP contribution is 2.33. The van der Waals surface area contributed by atoms with E-state index in [4.69, 9.17) is 0 Å². The molecule has 2 aromatic rings. The molecule has 0 saturated heterocycles. The highest BCUT2D eigenvalue weighted by atomic mass is 15.3. The Morgan fingerprint density at radius 1 is 1.32 bits per heavy atom. The van der Waals surface area contributed by atoms with Crippen molar-refractivity contribution in [2.45, 2.75) is 33.2 Å². The molecule has 1 aliphatic rings. The van der Waals surface area contributed by atoms with Crippen molar-refractivity contribution in [1.82, 2.24) is 9.78 Å². The molecule has 0 aliphatic carbocycles. The molecule has 0 saturated carbocycles. The monoisotopic (exact) mass is 255 g/mol. The van der Waals surface area contributed by atoms with Gasteiger partial charge in [0.05, 0.1) is 6.20 Å². The average Bonchev–Trinajstić information content (AvgIpc) is 2.88. The van der Waals surface area contributed by atoms with E-state index in [0.717, 1.165) is 6.54 Å². The summed E-state index contributed by atoms with van der Waals surface area (Å²) in [5, 5.41) is 4.39. The molecule has 0 spiro atoms. The third-order valence-corrected chi connectivity index (χ3v) is 4.04. The van der Waals surface area contributed by atoms with Gasteiger partial charge in [-0.1, -0.05) is 0 Å². The summed E-state index contributed by atoms with van der Waals surface area (Å²) in [6.07, 6.45) is 6.56. The zero-order valence-electron chi connectivity index (χ0n) is 12.0. The van der Waals surface area contributed by atoms with Gasteiger partial charge in [-0.05, 0) is 55.5 Å². The summed E-state index contributed by atoms with van der Waals surface area (Å²) in [7, 11) is 2.19. The molecular formula is C16H21N3. The number of hydrogen-bond donors (Lipinski definition) is 0. The Balaban J connectivity index is 2.07. The maximum Gasteiger partial charge on any atom is 0.0568 e. The molecule has 100 valence electrons. The van der Waals surface area contributed by atoms with E-state index >= 15 is 0 Å². The number of aryl methyl sites for hydroxylation is 3. The molecule has 0 N–H and O–H groups in total. The Hall–Kier alpha value is -1.77. The molecule has 3 heteroatoms. The molecular weight excluding hydrogens is 234 g/mol. The van der Waals surface area contributed by atoms with Gasteiger partial charge in [0.15, 0.2) is 0 Å². The van der Waals surface area contributed by atoms with Gasteiger partial charge in [-0.3, -0.25) is 4.68 Å². The molecule has 3 rings (SSSR count). The second-order valence-corrected chi connectivity index (χ2v) is 5.41. The van der Waals surface area contributed by atoms with Gasteiger partial charge in [-0.15, -0.1) is 0 Å². The van der Waals surface area contributed by atoms with Crippen LogP contribution >= 0.6 is 0 Å². The first-order valence-electron chi connectivity index (χ1n) is 7.06. The van der Waals surface area contributed by atoms with E-state index in [1.807, 2.05) is 10.9 Å². The van der Waals surface area contributed by atoms with Crippen LogP contribution in [0.4, 0.5) is 5.69 Å². The van der Waals surface area contributed by atoms with Gasteiger partial charge < -0.3 is 4.90 Å². The zero-order valence-corrected chi connectivity index (χ0v) is 12.0. The topological polar surface area (TPSA) is 21.1 Å². The number of fused-ring (bicyclic) bond motifs is 1. The molecule has 1 aromatic heterocycles. The van der Waals surface area contributed by atoms with Gasteiger partial charge in [0.1, 0.15) is 0 Å². The Morgan fingerprint density at radius 2 is 2.16 bits per heavy atom. The van der Waals surface area contributed by atoms with E-state index in [-0.39, 0.29) is 0 Å². The van der Waals surface area contributed by atoms with Crippen LogP contribution in [0.1, 0.15) is 24.5 Å². The lowest BCUT2D eigenvalue weighted by molar-refractivity contribution is 0.660. The summed E-state index contributed by atoms with van der Waals surface area (Å²) in [6.45, 7) is 6.40. The number of aromatic nitrogens is 2. The Bertz CT molecular complexity index is 598. The summed E-state index contributed by atoms with van der Waals surface area (Å²) in [6, 6.07) is 4.68. The summed E-state index contributed by atoms with van der Waals surface area (Å²) in [4.78, 5) is 2.37. The van der Waals surface area contributed by atoms with Crippen LogP contribution in [0, 0.1) is 6.92 Å². The van der Waals surface area contributed by atoms with Crippen molar-refractivity contribution in [2.24, 2.45) is 0 Å². The molecule has 0 atom stereocenters. The number of anilines is 1. The maximum atomic E-state index is 4.39. The van der Waals surface area contributed by atoms with E-state index in [0.29, 0.717) is 0 Å². The number of nitrogens with zero attached hydrogens (tertiary/aromatic N) is 3. The zero-order chi connectivity index (χ0) is 13.4. The Kier molecular flexibility index (Phi) is 3.05. The van der Waals surface area contributed by atoms with Gasteiger partial charge in [0, 0.05) is 37.6 Å². The van der Waals surface area contributed by atoms with Crippen LogP contribution in [0.5, 0.6) is 0 Å². The first kappa shape index (κ1) is 12.3. The molecule has 0 unspecified atom stereocenters. The van der Waals surface area contributed by atoms with Crippen LogP contribution in [0.15, 0.2) is 24.5 Å². The van der Waals surface area contributed by atoms with E-state index in [1.165, 1.54) is 47.3 Å². The first-order chi connectivity index (χ1) is 9.19. The van der Waals surface area contributed by atoms with Crippen molar-refractivity contribution < 1.29 is 0 Å². The Morgan fingerprint density at radius 3 is 2.89 bits per heavy atom. The van der Waals surface area contributed by atoms with Crippen molar-refractivity contribution in [3.8, 4) is 11.1 Å². The lowest BCUT2D eigenvalue weighted by Crippen LogP contribution is -2.24. The molecule has 0 amide bonds. The summed E-state index contributed by atoms with van der Waals surface area (Å²) in [5.41, 5.74) is 6.77. The molecule has 2 heterocycles. The second-order valence-electron chi connectivity index (χ2n) is 5.41. The lowest BCUT2D eigenvalue weighted by Gasteiger charge is -2.28. The fraction of sp³-hybridized carbons (Fsp3) is 0.438. The molecule has 1 aliphatic heterocycles. The lowest BCUT2D eigenvalue weighted by atomic mass is 9.94. The maximum absolute atomic E-state index is 4.39. The van der Waals surface area contributed by atoms with E-state index in [1.54, 1.807) is 0 Å². The standard InChI is InChI=1S/C16H21N3/c1-4-19-11-14(10-17-19)15-9-13-6-5-7-18(3)16(13)8-12(15)2/h8-11H,4-7H2,1-3H3. The predicted molar refractivity (Wildman–Crippen MR) is 79.7 cm³/mol. The fourth-order valence-electron chi connectivity index (χ4n) is 2.91. The Labute approximate surface area is 114 Å². The normalized spacial score (nSPS) is 14.6. The van der Waals surface area contributed by atoms with Crippen molar-refractivity contribution in [2.75, 3.05) is 18.5 Å². The minimum absolute atomic E-state index is 0.923. The largest absolute Gasteiger partial charge is 0.374 e. The highest BCUT2D eigenvalue weighted by Gasteiger charge is 2.16. The minimum atomic E-state index is 0.923. The summed E-state index contributed by atoms with van der Waals surface area (Å²) >= 11 is 0. The van der Waals surface area contributed by atoms with Crippen molar-refractivity contribution >= 4 is 5.69 Å².